The van der Waals surface area contributed by atoms with E-state index in [1.165, 1.54) is 11.0 Å². The van der Waals surface area contributed by atoms with E-state index < -0.39 is 11.6 Å². The van der Waals surface area contributed by atoms with Crippen LogP contribution in [0.4, 0.5) is 8.78 Å². The fourth-order valence-electron chi connectivity index (χ4n) is 1.83. The van der Waals surface area contributed by atoms with Gasteiger partial charge in [-0.05, 0) is 58.5 Å². The van der Waals surface area contributed by atoms with Crippen LogP contribution in [0.2, 0.25) is 0 Å². The molecule has 2 nitrogen and oxygen atoms in total. The van der Waals surface area contributed by atoms with Crippen LogP contribution < -0.4 is 0 Å². The van der Waals surface area contributed by atoms with Crippen LogP contribution in [0.25, 0.3) is 0 Å². The Balaban J connectivity index is 2.13. The first-order chi connectivity index (χ1) is 9.47. The molecule has 104 valence electrons. The molecular formula is C15H12F2INO. The summed E-state index contributed by atoms with van der Waals surface area (Å²) >= 11 is 2.13. The molecule has 0 atom stereocenters. The molecule has 1 amide bonds. The summed E-state index contributed by atoms with van der Waals surface area (Å²) in [6.45, 7) is 0.224. The maximum Gasteiger partial charge on any atom is 0.253 e. The van der Waals surface area contributed by atoms with Gasteiger partial charge in [-0.25, -0.2) is 8.78 Å². The lowest BCUT2D eigenvalue weighted by Crippen LogP contribution is -2.26. The van der Waals surface area contributed by atoms with E-state index in [-0.39, 0.29) is 12.5 Å². The summed E-state index contributed by atoms with van der Waals surface area (Å²) in [5.74, 6) is -1.95. The number of halogens is 3. The summed E-state index contributed by atoms with van der Waals surface area (Å²) in [6, 6.07) is 10.9. The Morgan fingerprint density at radius 2 is 1.90 bits per heavy atom. The molecule has 0 heterocycles. The lowest BCUT2D eigenvalue weighted by molar-refractivity contribution is 0.0785. The molecule has 0 aliphatic carbocycles. The van der Waals surface area contributed by atoms with E-state index in [0.717, 1.165) is 15.7 Å². The van der Waals surface area contributed by atoms with E-state index in [9.17, 15) is 13.6 Å². The first-order valence-corrected chi connectivity index (χ1v) is 7.00. The van der Waals surface area contributed by atoms with Crippen molar-refractivity contribution in [1.82, 2.24) is 4.90 Å². The van der Waals surface area contributed by atoms with Crippen LogP contribution in [0.3, 0.4) is 0 Å². The molecule has 2 aromatic carbocycles. The van der Waals surface area contributed by atoms with Gasteiger partial charge in [-0.3, -0.25) is 4.79 Å². The summed E-state index contributed by atoms with van der Waals surface area (Å²) < 4.78 is 26.9. The summed E-state index contributed by atoms with van der Waals surface area (Å²) in [6.07, 6.45) is 0. The largest absolute Gasteiger partial charge is 0.337 e. The molecule has 0 radical (unpaired) electrons. The maximum atomic E-state index is 13.1. The zero-order valence-corrected chi connectivity index (χ0v) is 12.9. The minimum absolute atomic E-state index is 0.159. The van der Waals surface area contributed by atoms with Gasteiger partial charge in [0, 0.05) is 22.7 Å². The molecular weight excluding hydrogens is 375 g/mol. The van der Waals surface area contributed by atoms with Crippen LogP contribution >= 0.6 is 22.6 Å². The molecule has 0 fully saturated rings. The minimum Gasteiger partial charge on any atom is -0.337 e. The number of hydrogen-bond acceptors (Lipinski definition) is 1. The maximum absolute atomic E-state index is 13.1. The van der Waals surface area contributed by atoms with E-state index >= 15 is 0 Å². The normalized spacial score (nSPS) is 10.4. The predicted octanol–water partition coefficient (Wildman–Crippen LogP) is 3.84. The Morgan fingerprint density at radius 3 is 2.55 bits per heavy atom. The lowest BCUT2D eigenvalue weighted by atomic mass is 10.1. The number of hydrogen-bond donors (Lipinski definition) is 0. The van der Waals surface area contributed by atoms with Gasteiger partial charge in [0.1, 0.15) is 0 Å². The van der Waals surface area contributed by atoms with Gasteiger partial charge in [0.25, 0.3) is 5.91 Å². The number of carbonyl (C=O) groups excluding carboxylic acids is 1. The molecule has 20 heavy (non-hydrogen) atoms. The molecule has 0 unspecified atom stereocenters. The molecule has 0 aliphatic heterocycles. The highest BCUT2D eigenvalue weighted by molar-refractivity contribution is 14.1. The van der Waals surface area contributed by atoms with Gasteiger partial charge >= 0.3 is 0 Å². The van der Waals surface area contributed by atoms with E-state index in [0.29, 0.717) is 11.1 Å². The van der Waals surface area contributed by atoms with Gasteiger partial charge in [0.05, 0.1) is 0 Å². The molecule has 0 N–H and O–H groups in total. The third kappa shape index (κ3) is 3.53. The van der Waals surface area contributed by atoms with Crippen molar-refractivity contribution in [3.8, 4) is 0 Å². The summed E-state index contributed by atoms with van der Waals surface area (Å²) in [4.78, 5) is 13.7. The summed E-state index contributed by atoms with van der Waals surface area (Å²) in [7, 11) is 1.63. The fourth-order valence-corrected chi connectivity index (χ4v) is 2.37. The molecule has 2 aromatic rings. The Bertz CT molecular complexity index is 646. The molecule has 0 spiro atoms. The molecule has 0 aromatic heterocycles. The molecule has 5 heteroatoms. The highest BCUT2D eigenvalue weighted by atomic mass is 127. The van der Waals surface area contributed by atoms with Crippen LogP contribution in [0, 0.1) is 15.2 Å². The molecule has 0 bridgehead atoms. The highest BCUT2D eigenvalue weighted by Crippen LogP contribution is 2.14. The van der Waals surface area contributed by atoms with Crippen LogP contribution in [-0.4, -0.2) is 17.9 Å². The van der Waals surface area contributed by atoms with Crippen LogP contribution in [0.15, 0.2) is 42.5 Å². The average Bonchev–Trinajstić information content (AvgIpc) is 2.42. The van der Waals surface area contributed by atoms with E-state index in [1.54, 1.807) is 25.2 Å². The Morgan fingerprint density at radius 1 is 1.15 bits per heavy atom. The van der Waals surface area contributed by atoms with Crippen molar-refractivity contribution in [2.45, 2.75) is 6.54 Å². The van der Waals surface area contributed by atoms with Crippen molar-refractivity contribution >= 4 is 28.5 Å². The molecule has 0 aliphatic rings. The standard InChI is InChI=1S/C15H12F2INO/c1-19(9-10-5-6-13(16)14(17)7-10)15(20)11-3-2-4-12(18)8-11/h2-8H,9H2,1H3. The van der Waals surface area contributed by atoms with Gasteiger partial charge in [0.15, 0.2) is 11.6 Å². The minimum atomic E-state index is -0.905. The number of carbonyl (C=O) groups is 1. The van der Waals surface area contributed by atoms with Crippen LogP contribution in [0.5, 0.6) is 0 Å². The van der Waals surface area contributed by atoms with E-state index in [2.05, 4.69) is 22.6 Å². The number of rotatable bonds is 3. The van der Waals surface area contributed by atoms with Crippen molar-refractivity contribution in [1.29, 1.82) is 0 Å². The predicted molar refractivity (Wildman–Crippen MR) is 81.3 cm³/mol. The Kier molecular flexibility index (Phi) is 4.69. The van der Waals surface area contributed by atoms with Gasteiger partial charge in [0.2, 0.25) is 0 Å². The van der Waals surface area contributed by atoms with Crippen LogP contribution in [-0.2, 0) is 6.54 Å². The second kappa shape index (κ2) is 6.30. The third-order valence-electron chi connectivity index (χ3n) is 2.82. The SMILES string of the molecule is CN(Cc1ccc(F)c(F)c1)C(=O)c1cccc(I)c1. The van der Waals surface area contributed by atoms with Gasteiger partial charge in [-0.1, -0.05) is 12.1 Å². The lowest BCUT2D eigenvalue weighted by Gasteiger charge is -2.17. The summed E-state index contributed by atoms with van der Waals surface area (Å²) in [5, 5.41) is 0. The van der Waals surface area contributed by atoms with Crippen LogP contribution in [0.1, 0.15) is 15.9 Å². The van der Waals surface area contributed by atoms with Gasteiger partial charge < -0.3 is 4.90 Å². The first kappa shape index (κ1) is 14.9. The molecule has 0 saturated heterocycles. The molecule has 2 rings (SSSR count). The van der Waals surface area contributed by atoms with Crippen molar-refractivity contribution in [3.05, 3.63) is 68.8 Å². The van der Waals surface area contributed by atoms with Crippen molar-refractivity contribution < 1.29 is 13.6 Å². The second-order valence-corrected chi connectivity index (χ2v) is 5.67. The third-order valence-corrected chi connectivity index (χ3v) is 3.49. The zero-order chi connectivity index (χ0) is 14.7. The second-order valence-electron chi connectivity index (χ2n) is 4.42. The summed E-state index contributed by atoms with van der Waals surface area (Å²) in [5.41, 5.74) is 1.12. The van der Waals surface area contributed by atoms with E-state index in [1.807, 2.05) is 6.07 Å². The zero-order valence-electron chi connectivity index (χ0n) is 10.7. The van der Waals surface area contributed by atoms with Gasteiger partial charge in [-0.2, -0.15) is 0 Å². The molecule has 0 saturated carbocycles. The van der Waals surface area contributed by atoms with Crippen molar-refractivity contribution in [2.24, 2.45) is 0 Å². The number of amides is 1. The van der Waals surface area contributed by atoms with E-state index in [4.69, 9.17) is 0 Å². The number of nitrogens with zero attached hydrogens (tertiary/aromatic N) is 1. The first-order valence-electron chi connectivity index (χ1n) is 5.92. The van der Waals surface area contributed by atoms with Crippen molar-refractivity contribution in [3.63, 3.8) is 0 Å². The van der Waals surface area contributed by atoms with Crippen molar-refractivity contribution in [2.75, 3.05) is 7.05 Å². The average molecular weight is 387 g/mol. The quantitative estimate of drug-likeness (QED) is 0.733. The Hall–Kier alpha value is -1.50. The Labute approximate surface area is 129 Å². The number of benzene rings is 2. The highest BCUT2D eigenvalue weighted by Gasteiger charge is 2.13. The topological polar surface area (TPSA) is 20.3 Å². The smallest absolute Gasteiger partial charge is 0.253 e. The fraction of sp³-hybridized carbons (Fsp3) is 0.133. The monoisotopic (exact) mass is 387 g/mol. The van der Waals surface area contributed by atoms with Gasteiger partial charge in [-0.15, -0.1) is 0 Å².